The van der Waals surface area contributed by atoms with Crippen molar-refractivity contribution >= 4 is 16.9 Å². The lowest BCUT2D eigenvalue weighted by Gasteiger charge is -2.18. The van der Waals surface area contributed by atoms with E-state index in [0.717, 1.165) is 37.6 Å². The Labute approximate surface area is 185 Å². The fourth-order valence-corrected chi connectivity index (χ4v) is 4.28. The fraction of sp³-hybridized carbons (Fsp3) is 0.435. The SMILES string of the molecule is CCN(CC)CCn1c(C)c(C)n2c3c(=O)n(Cc4ccc(F)cc4)c(=O)n(C)c3nc12. The van der Waals surface area contributed by atoms with Gasteiger partial charge in [-0.2, -0.15) is 4.98 Å². The number of fused-ring (bicyclic) bond motifs is 3. The summed E-state index contributed by atoms with van der Waals surface area (Å²) in [7, 11) is 1.63. The van der Waals surface area contributed by atoms with Crippen molar-refractivity contribution in [2.75, 3.05) is 19.6 Å². The molecule has 0 bridgehead atoms. The molecule has 0 aliphatic heterocycles. The van der Waals surface area contributed by atoms with Crippen LogP contribution in [0.25, 0.3) is 16.9 Å². The van der Waals surface area contributed by atoms with E-state index in [4.69, 9.17) is 4.98 Å². The van der Waals surface area contributed by atoms with Crippen LogP contribution in [0.15, 0.2) is 33.9 Å². The molecular formula is C23H29FN6O2. The highest BCUT2D eigenvalue weighted by molar-refractivity contribution is 5.76. The van der Waals surface area contributed by atoms with E-state index in [1.165, 1.54) is 21.3 Å². The van der Waals surface area contributed by atoms with Crippen LogP contribution in [0.3, 0.4) is 0 Å². The Bertz CT molecular complexity index is 1400. The highest BCUT2D eigenvalue weighted by Gasteiger charge is 2.22. The van der Waals surface area contributed by atoms with Crippen LogP contribution >= 0.6 is 0 Å². The third-order valence-corrected chi connectivity index (χ3v) is 6.42. The number of halogens is 1. The molecule has 4 rings (SSSR count). The van der Waals surface area contributed by atoms with E-state index < -0.39 is 11.2 Å². The van der Waals surface area contributed by atoms with Gasteiger partial charge in [0, 0.05) is 31.5 Å². The van der Waals surface area contributed by atoms with Crippen molar-refractivity contribution < 1.29 is 4.39 Å². The van der Waals surface area contributed by atoms with E-state index in [0.29, 0.717) is 22.5 Å². The van der Waals surface area contributed by atoms with E-state index in [1.807, 2.05) is 18.2 Å². The molecule has 0 radical (unpaired) electrons. The molecule has 0 spiro atoms. The van der Waals surface area contributed by atoms with Gasteiger partial charge in [-0.1, -0.05) is 26.0 Å². The van der Waals surface area contributed by atoms with Crippen LogP contribution in [0.5, 0.6) is 0 Å². The van der Waals surface area contributed by atoms with Gasteiger partial charge in [0.05, 0.1) is 6.54 Å². The zero-order valence-electron chi connectivity index (χ0n) is 19.2. The molecule has 1 aromatic carbocycles. The van der Waals surface area contributed by atoms with Gasteiger partial charge >= 0.3 is 5.69 Å². The molecule has 9 heteroatoms. The molecular weight excluding hydrogens is 411 g/mol. The second-order valence-corrected chi connectivity index (χ2v) is 8.13. The fourth-order valence-electron chi connectivity index (χ4n) is 4.28. The molecule has 170 valence electrons. The third kappa shape index (κ3) is 3.46. The minimum absolute atomic E-state index is 0.0651. The molecule has 0 saturated heterocycles. The molecule has 8 nitrogen and oxygen atoms in total. The van der Waals surface area contributed by atoms with Gasteiger partial charge in [0.2, 0.25) is 5.78 Å². The van der Waals surface area contributed by atoms with Crippen LogP contribution in [0.4, 0.5) is 4.39 Å². The molecule has 0 amide bonds. The number of hydrogen-bond acceptors (Lipinski definition) is 4. The largest absolute Gasteiger partial charge is 0.332 e. The minimum atomic E-state index is -0.448. The number of hydrogen-bond donors (Lipinski definition) is 0. The van der Waals surface area contributed by atoms with Crippen LogP contribution < -0.4 is 11.2 Å². The summed E-state index contributed by atoms with van der Waals surface area (Å²) in [6.45, 7) is 11.9. The van der Waals surface area contributed by atoms with Gasteiger partial charge in [0.15, 0.2) is 11.2 Å². The molecule has 0 saturated carbocycles. The summed E-state index contributed by atoms with van der Waals surface area (Å²) in [4.78, 5) is 33.5. The molecule has 32 heavy (non-hydrogen) atoms. The van der Waals surface area contributed by atoms with Gasteiger partial charge in [-0.15, -0.1) is 0 Å². The molecule has 0 aliphatic rings. The summed E-state index contributed by atoms with van der Waals surface area (Å²) < 4.78 is 19.9. The first-order valence-corrected chi connectivity index (χ1v) is 10.9. The molecule has 3 heterocycles. The summed E-state index contributed by atoms with van der Waals surface area (Å²) >= 11 is 0. The third-order valence-electron chi connectivity index (χ3n) is 6.42. The minimum Gasteiger partial charge on any atom is -0.313 e. The molecule has 0 atom stereocenters. The number of aromatic nitrogens is 5. The van der Waals surface area contributed by atoms with Gasteiger partial charge in [-0.05, 0) is 44.6 Å². The van der Waals surface area contributed by atoms with Gasteiger partial charge in [-0.25, -0.2) is 9.18 Å². The predicted octanol–water partition coefficient (Wildman–Crippen LogP) is 2.30. The maximum atomic E-state index is 13.5. The summed E-state index contributed by atoms with van der Waals surface area (Å²) in [6, 6.07) is 5.81. The summed E-state index contributed by atoms with van der Waals surface area (Å²) in [6.07, 6.45) is 0. The first-order chi connectivity index (χ1) is 15.3. The van der Waals surface area contributed by atoms with E-state index in [2.05, 4.69) is 23.3 Å². The van der Waals surface area contributed by atoms with Crippen molar-refractivity contribution in [2.24, 2.45) is 7.05 Å². The number of aryl methyl sites for hydroxylation is 2. The Morgan fingerprint density at radius 2 is 1.66 bits per heavy atom. The van der Waals surface area contributed by atoms with Crippen molar-refractivity contribution in [2.45, 2.75) is 40.8 Å². The first-order valence-electron chi connectivity index (χ1n) is 10.9. The quantitative estimate of drug-likeness (QED) is 0.442. The highest BCUT2D eigenvalue weighted by atomic mass is 19.1. The van der Waals surface area contributed by atoms with Crippen molar-refractivity contribution in [1.29, 1.82) is 0 Å². The number of imidazole rings is 2. The van der Waals surface area contributed by atoms with E-state index in [9.17, 15) is 14.0 Å². The molecule has 3 aromatic heterocycles. The molecule has 0 N–H and O–H groups in total. The second kappa shape index (κ2) is 8.38. The van der Waals surface area contributed by atoms with Crippen molar-refractivity contribution in [3.63, 3.8) is 0 Å². The van der Waals surface area contributed by atoms with Gasteiger partial charge in [-0.3, -0.25) is 18.3 Å². The number of benzene rings is 1. The standard InChI is InChI=1S/C23H29FN6O2/c1-6-27(7-2)12-13-28-15(3)16(4)30-19-20(25-22(28)30)26(5)23(32)29(21(19)31)14-17-8-10-18(24)11-9-17/h8-11H,6-7,12-14H2,1-5H3. The van der Waals surface area contributed by atoms with E-state index >= 15 is 0 Å². The Balaban J connectivity index is 1.91. The van der Waals surface area contributed by atoms with Crippen LogP contribution in [-0.4, -0.2) is 47.6 Å². The topological polar surface area (TPSA) is 69.5 Å². The molecule has 0 unspecified atom stereocenters. The first kappa shape index (κ1) is 22.0. The van der Waals surface area contributed by atoms with Gasteiger partial charge in [0.1, 0.15) is 5.82 Å². The maximum Gasteiger partial charge on any atom is 0.332 e. The Morgan fingerprint density at radius 3 is 2.28 bits per heavy atom. The highest BCUT2D eigenvalue weighted by Crippen LogP contribution is 2.20. The van der Waals surface area contributed by atoms with Crippen LogP contribution in [0, 0.1) is 19.7 Å². The van der Waals surface area contributed by atoms with Crippen LogP contribution in [0.1, 0.15) is 30.8 Å². The van der Waals surface area contributed by atoms with Crippen LogP contribution in [0.2, 0.25) is 0 Å². The van der Waals surface area contributed by atoms with Gasteiger partial charge < -0.3 is 9.47 Å². The Morgan fingerprint density at radius 1 is 1.00 bits per heavy atom. The summed E-state index contributed by atoms with van der Waals surface area (Å²) in [5, 5.41) is 0. The van der Waals surface area contributed by atoms with Crippen molar-refractivity contribution in [3.8, 4) is 0 Å². The normalized spacial score (nSPS) is 12.0. The molecule has 0 aliphatic carbocycles. The second-order valence-electron chi connectivity index (χ2n) is 8.13. The lowest BCUT2D eigenvalue weighted by atomic mass is 10.2. The Kier molecular flexibility index (Phi) is 5.77. The number of nitrogens with zero attached hydrogens (tertiary/aromatic N) is 6. The average molecular weight is 441 g/mol. The van der Waals surface area contributed by atoms with Crippen LogP contribution in [-0.2, 0) is 20.1 Å². The molecule has 0 fully saturated rings. The van der Waals surface area contributed by atoms with E-state index in [-0.39, 0.29) is 12.4 Å². The zero-order valence-corrected chi connectivity index (χ0v) is 19.2. The number of likely N-dealkylation sites (N-methyl/N-ethyl adjacent to an activating group) is 1. The maximum absolute atomic E-state index is 13.5. The lowest BCUT2D eigenvalue weighted by molar-refractivity contribution is 0.291. The smallest absolute Gasteiger partial charge is 0.313 e. The van der Waals surface area contributed by atoms with Crippen molar-refractivity contribution in [3.05, 3.63) is 67.9 Å². The lowest BCUT2D eigenvalue weighted by Crippen LogP contribution is -2.39. The molecule has 4 aromatic rings. The van der Waals surface area contributed by atoms with Gasteiger partial charge in [0.25, 0.3) is 5.56 Å². The van der Waals surface area contributed by atoms with E-state index in [1.54, 1.807) is 19.2 Å². The number of rotatable bonds is 7. The monoisotopic (exact) mass is 440 g/mol. The summed E-state index contributed by atoms with van der Waals surface area (Å²) in [5.74, 6) is 0.299. The zero-order chi connectivity index (χ0) is 23.2. The average Bonchev–Trinajstić information content (AvgIpc) is 3.28. The predicted molar refractivity (Wildman–Crippen MR) is 123 cm³/mol. The summed E-state index contributed by atoms with van der Waals surface area (Å²) in [5.41, 5.74) is 2.54. The van der Waals surface area contributed by atoms with Crippen molar-refractivity contribution in [1.82, 2.24) is 28.0 Å². The Hall–Kier alpha value is -3.20.